The van der Waals surface area contributed by atoms with Crippen molar-refractivity contribution in [2.45, 2.75) is 62.6 Å². The Morgan fingerprint density at radius 1 is 0.541 bits per heavy atom. The molecule has 0 radical (unpaired) electrons. The molecule has 2 aliphatic rings. The van der Waals surface area contributed by atoms with E-state index in [0.717, 1.165) is 30.9 Å². The second-order valence-electron chi connectivity index (χ2n) is 12.8. The minimum absolute atomic E-state index is 0.0818. The average molecular weight is 610 g/mol. The predicted octanol–water partition coefficient (Wildman–Crippen LogP) is 10.8. The van der Waals surface area contributed by atoms with E-state index >= 15 is 0 Å². The molecule has 0 aliphatic heterocycles. The molecule has 0 bridgehead atoms. The Hall–Kier alpha value is -0.337. The summed E-state index contributed by atoms with van der Waals surface area (Å²) in [6.45, 7) is 19.5. The van der Waals surface area contributed by atoms with Gasteiger partial charge in [0, 0.05) is 0 Å². The summed E-state index contributed by atoms with van der Waals surface area (Å²) in [4.78, 5) is 0. The van der Waals surface area contributed by atoms with Gasteiger partial charge in [0.1, 0.15) is 0 Å². The average Bonchev–Trinajstić information content (AvgIpc) is 3.36. The monoisotopic (exact) mass is 608 g/mol. The first-order valence-electron chi connectivity index (χ1n) is 14.5. The van der Waals surface area contributed by atoms with Gasteiger partial charge in [-0.3, -0.25) is 0 Å². The van der Waals surface area contributed by atoms with Gasteiger partial charge in [0.2, 0.25) is 0 Å². The van der Waals surface area contributed by atoms with Crippen molar-refractivity contribution in [3.05, 3.63) is 81.4 Å². The third kappa shape index (κ3) is 7.45. The van der Waals surface area contributed by atoms with E-state index in [0.29, 0.717) is 0 Å². The van der Waals surface area contributed by atoms with Gasteiger partial charge in [-0.25, -0.2) is 0 Å². The van der Waals surface area contributed by atoms with Gasteiger partial charge in [-0.1, -0.05) is 0 Å². The van der Waals surface area contributed by atoms with E-state index < -0.39 is 23.2 Å². The zero-order chi connectivity index (χ0) is 26.7. The fraction of sp³-hybridized carbons (Fsp3) is 0.529. The van der Waals surface area contributed by atoms with Crippen LogP contribution in [0.15, 0.2) is 59.2 Å². The molecule has 0 aromatic heterocycles. The summed E-state index contributed by atoms with van der Waals surface area (Å²) in [5.74, 6) is 3.09. The number of fused-ring (bicyclic) bond motifs is 2. The Balaban J connectivity index is 1.74. The Morgan fingerprint density at radius 3 is 1.19 bits per heavy atom. The van der Waals surface area contributed by atoms with Crippen molar-refractivity contribution in [2.75, 3.05) is 24.6 Å². The summed E-state index contributed by atoms with van der Waals surface area (Å²) < 4.78 is 1.47. The first-order valence-corrected chi connectivity index (χ1v) is 20.8. The first kappa shape index (κ1) is 29.6. The third-order valence-corrected chi connectivity index (χ3v) is 20.0. The predicted molar refractivity (Wildman–Crippen MR) is 167 cm³/mol. The van der Waals surface area contributed by atoms with E-state index in [4.69, 9.17) is 0 Å². The Bertz CT molecular complexity index is 1000. The van der Waals surface area contributed by atoms with Crippen LogP contribution in [-0.2, 0) is 23.2 Å². The fourth-order valence-electron chi connectivity index (χ4n) is 6.01. The molecule has 2 aromatic rings. The second kappa shape index (κ2) is 13.3. The SMILES string of the molecule is CC(C)CP(CC(C)C)C1=Cc2ccccc2[CH]1[Zr][CH]1C(P(CC(C)C)CC(C)C)=Cc2ccccc21. The molecule has 0 nitrogen and oxygen atoms in total. The number of hydrogen-bond donors (Lipinski definition) is 0. The van der Waals surface area contributed by atoms with Crippen molar-refractivity contribution in [2.24, 2.45) is 23.7 Å². The summed E-state index contributed by atoms with van der Waals surface area (Å²) in [6.07, 6.45) is 10.9. The van der Waals surface area contributed by atoms with Crippen molar-refractivity contribution >= 4 is 28.0 Å². The fourth-order valence-corrected chi connectivity index (χ4v) is 20.2. The Labute approximate surface area is 242 Å². The van der Waals surface area contributed by atoms with Crippen molar-refractivity contribution in [3.8, 4) is 0 Å². The van der Waals surface area contributed by atoms with Crippen molar-refractivity contribution < 1.29 is 23.2 Å². The molecule has 2 aliphatic carbocycles. The van der Waals surface area contributed by atoms with Gasteiger partial charge in [0.15, 0.2) is 0 Å². The van der Waals surface area contributed by atoms with Crippen molar-refractivity contribution in [3.63, 3.8) is 0 Å². The molecule has 3 heteroatoms. The van der Waals surface area contributed by atoms with Crippen LogP contribution >= 0.6 is 15.8 Å². The summed E-state index contributed by atoms with van der Waals surface area (Å²) in [5.41, 5.74) is 6.41. The van der Waals surface area contributed by atoms with Crippen LogP contribution in [0.2, 0.25) is 0 Å². The summed E-state index contributed by atoms with van der Waals surface area (Å²) in [6, 6.07) is 18.9. The maximum absolute atomic E-state index is 2.67. The Morgan fingerprint density at radius 2 is 0.865 bits per heavy atom. The second-order valence-corrected chi connectivity index (χ2v) is 21.1. The van der Waals surface area contributed by atoms with E-state index in [1.807, 2.05) is 10.6 Å². The molecule has 2 atom stereocenters. The molecule has 37 heavy (non-hydrogen) atoms. The van der Waals surface area contributed by atoms with Gasteiger partial charge < -0.3 is 0 Å². The van der Waals surface area contributed by atoms with Crippen molar-refractivity contribution in [1.82, 2.24) is 0 Å². The van der Waals surface area contributed by atoms with Crippen LogP contribution in [0, 0.1) is 23.7 Å². The van der Waals surface area contributed by atoms with Crippen LogP contribution in [0.3, 0.4) is 0 Å². The van der Waals surface area contributed by atoms with E-state index in [9.17, 15) is 0 Å². The molecule has 2 aromatic carbocycles. The third-order valence-electron chi connectivity index (χ3n) is 7.22. The molecule has 2 unspecified atom stereocenters. The van der Waals surface area contributed by atoms with Gasteiger partial charge in [0.25, 0.3) is 0 Å². The van der Waals surface area contributed by atoms with Gasteiger partial charge >= 0.3 is 244 Å². The molecule has 198 valence electrons. The molecular weight excluding hydrogens is 562 g/mol. The molecule has 0 saturated heterocycles. The molecular formula is C34H48P2Zr. The van der Waals surface area contributed by atoms with Crippen LogP contribution in [0.5, 0.6) is 0 Å². The number of rotatable bonds is 12. The Kier molecular flexibility index (Phi) is 10.7. The van der Waals surface area contributed by atoms with Crippen molar-refractivity contribution in [1.29, 1.82) is 0 Å². The number of benzene rings is 2. The van der Waals surface area contributed by atoms with E-state index in [2.05, 4.69) is 116 Å². The van der Waals surface area contributed by atoms with E-state index in [-0.39, 0.29) is 15.8 Å². The maximum atomic E-state index is 2.67. The van der Waals surface area contributed by atoms with Crippen LogP contribution in [0.4, 0.5) is 0 Å². The van der Waals surface area contributed by atoms with Crippen LogP contribution in [0.1, 0.15) is 84.9 Å². The van der Waals surface area contributed by atoms with Gasteiger partial charge in [-0.15, -0.1) is 0 Å². The zero-order valence-electron chi connectivity index (χ0n) is 24.5. The van der Waals surface area contributed by atoms with Gasteiger partial charge in [-0.05, 0) is 0 Å². The molecule has 0 spiro atoms. The zero-order valence-corrected chi connectivity index (χ0v) is 28.7. The minimum atomic E-state index is -0.858. The molecule has 0 heterocycles. The standard InChI is InChI=1S/2C17H24P.Zr/c2*1-13(2)11-18(12-14(3)4)17-9-15-7-5-6-8-16(15)10-17;/h2*5-10,13-14H,11-12H2,1-4H3;. The normalized spacial score (nSPS) is 18.9. The first-order chi connectivity index (χ1) is 17.6. The quantitative estimate of drug-likeness (QED) is 0.210. The number of hydrogen-bond acceptors (Lipinski definition) is 0. The molecule has 0 saturated carbocycles. The van der Waals surface area contributed by atoms with Gasteiger partial charge in [-0.2, -0.15) is 0 Å². The molecule has 0 N–H and O–H groups in total. The van der Waals surface area contributed by atoms with E-state index in [1.165, 1.54) is 35.8 Å². The van der Waals surface area contributed by atoms with Crippen LogP contribution in [-0.4, -0.2) is 24.6 Å². The topological polar surface area (TPSA) is 0 Å². The van der Waals surface area contributed by atoms with Crippen LogP contribution < -0.4 is 0 Å². The summed E-state index contributed by atoms with van der Waals surface area (Å²) >= 11 is -0.858. The van der Waals surface area contributed by atoms with Gasteiger partial charge in [0.05, 0.1) is 0 Å². The molecule has 0 fully saturated rings. The number of allylic oxidation sites excluding steroid dienone is 2. The summed E-state index contributed by atoms with van der Waals surface area (Å²) in [5, 5.41) is 3.73. The molecule has 4 rings (SSSR count). The van der Waals surface area contributed by atoms with E-state index in [1.54, 1.807) is 11.1 Å². The van der Waals surface area contributed by atoms with Crippen LogP contribution in [0.25, 0.3) is 12.2 Å². The summed E-state index contributed by atoms with van der Waals surface area (Å²) in [7, 11) is -0.164. The molecule has 0 amide bonds.